The van der Waals surface area contributed by atoms with Gasteiger partial charge in [-0.15, -0.1) is 0 Å². The lowest BCUT2D eigenvalue weighted by Gasteiger charge is -2.20. The molecule has 2 heterocycles. The Bertz CT molecular complexity index is 1320. The molecular formula is C24H19F6N5O2. The fraction of sp³-hybridized carbons (Fsp3) is 0.208. The smallest absolute Gasteiger partial charge is 0.354 e. The number of fused-ring (bicyclic) bond motifs is 1. The highest BCUT2D eigenvalue weighted by atomic mass is 19.4. The highest BCUT2D eigenvalue weighted by Gasteiger charge is 2.37. The first-order valence-corrected chi connectivity index (χ1v) is 10.8. The van der Waals surface area contributed by atoms with Crippen molar-refractivity contribution in [1.29, 1.82) is 0 Å². The maximum absolute atomic E-state index is 13.1. The van der Waals surface area contributed by atoms with E-state index in [9.17, 15) is 35.9 Å². The van der Waals surface area contributed by atoms with Crippen LogP contribution in [0.4, 0.5) is 53.9 Å². The third-order valence-electron chi connectivity index (χ3n) is 5.59. The molecule has 1 aliphatic heterocycles. The van der Waals surface area contributed by atoms with E-state index in [4.69, 9.17) is 0 Å². The Kier molecular flexibility index (Phi) is 6.72. The number of hydrogen-bond donors (Lipinski definition) is 3. The van der Waals surface area contributed by atoms with E-state index in [1.54, 1.807) is 30.3 Å². The van der Waals surface area contributed by atoms with Crippen molar-refractivity contribution < 1.29 is 35.9 Å². The van der Waals surface area contributed by atoms with E-state index in [-0.39, 0.29) is 17.7 Å². The molecule has 7 nitrogen and oxygen atoms in total. The van der Waals surface area contributed by atoms with Gasteiger partial charge >= 0.3 is 18.4 Å². The molecule has 0 unspecified atom stereocenters. The summed E-state index contributed by atoms with van der Waals surface area (Å²) in [7, 11) is 1.49. The van der Waals surface area contributed by atoms with Gasteiger partial charge in [-0.3, -0.25) is 9.78 Å². The lowest BCUT2D eigenvalue weighted by Crippen LogP contribution is -2.21. The quantitative estimate of drug-likeness (QED) is 0.377. The van der Waals surface area contributed by atoms with Gasteiger partial charge in [0.05, 0.1) is 11.1 Å². The first-order chi connectivity index (χ1) is 17.3. The number of carbonyl (C=O) groups excluding carboxylic acids is 2. The monoisotopic (exact) mass is 523 g/mol. The standard InChI is InChI=1S/C24H19F6N5O2/c1-31-21(36)19-12-18(4-6-32-19)35-7-5-13-8-16(2-3-20(13)35)33-22(37)34-17-10-14(23(25,26)27)9-15(11-17)24(28,29)30/h2-4,6,8-12H,5,7H2,1H3,(H,31,36)(H2,33,34,37). The van der Waals surface area contributed by atoms with E-state index in [1.165, 1.54) is 13.2 Å². The van der Waals surface area contributed by atoms with Crippen molar-refractivity contribution in [2.75, 3.05) is 29.1 Å². The molecule has 1 aliphatic rings. The molecule has 37 heavy (non-hydrogen) atoms. The fourth-order valence-corrected chi connectivity index (χ4v) is 3.91. The average molecular weight is 523 g/mol. The summed E-state index contributed by atoms with van der Waals surface area (Å²) in [5, 5.41) is 6.97. The number of nitrogens with zero attached hydrogens (tertiary/aromatic N) is 2. The second-order valence-corrected chi connectivity index (χ2v) is 8.10. The third-order valence-corrected chi connectivity index (χ3v) is 5.59. The highest BCUT2D eigenvalue weighted by molar-refractivity contribution is 6.00. The van der Waals surface area contributed by atoms with Crippen molar-refractivity contribution in [2.24, 2.45) is 0 Å². The van der Waals surface area contributed by atoms with Gasteiger partial charge in [0.1, 0.15) is 5.69 Å². The van der Waals surface area contributed by atoms with Crippen molar-refractivity contribution in [3.63, 3.8) is 0 Å². The molecule has 0 radical (unpaired) electrons. The average Bonchev–Trinajstić information content (AvgIpc) is 3.25. The number of aromatic nitrogens is 1. The Balaban J connectivity index is 1.51. The molecule has 0 saturated heterocycles. The Hall–Kier alpha value is -4.29. The van der Waals surface area contributed by atoms with Crippen LogP contribution >= 0.6 is 0 Å². The van der Waals surface area contributed by atoms with E-state index < -0.39 is 35.2 Å². The summed E-state index contributed by atoms with van der Waals surface area (Å²) < 4.78 is 78.4. The molecule has 0 bridgehead atoms. The summed E-state index contributed by atoms with van der Waals surface area (Å²) in [6.45, 7) is 0.576. The van der Waals surface area contributed by atoms with Crippen molar-refractivity contribution in [3.05, 3.63) is 77.1 Å². The fourth-order valence-electron chi connectivity index (χ4n) is 3.91. The summed E-state index contributed by atoms with van der Waals surface area (Å²) in [5.74, 6) is -0.338. The minimum absolute atomic E-state index is 0.0181. The molecule has 194 valence electrons. The summed E-state index contributed by atoms with van der Waals surface area (Å²) in [6, 6.07) is 8.12. The van der Waals surface area contributed by atoms with Gasteiger partial charge in [0.2, 0.25) is 0 Å². The molecule has 3 amide bonds. The number of pyridine rings is 1. The number of hydrogen-bond acceptors (Lipinski definition) is 4. The zero-order valence-corrected chi connectivity index (χ0v) is 19.1. The number of urea groups is 1. The molecule has 1 aromatic heterocycles. The summed E-state index contributed by atoms with van der Waals surface area (Å²) in [6.07, 6.45) is -7.96. The van der Waals surface area contributed by atoms with Crippen LogP contribution in [0.2, 0.25) is 0 Å². The first kappa shape index (κ1) is 25.8. The molecule has 4 rings (SSSR count). The highest BCUT2D eigenvalue weighted by Crippen LogP contribution is 2.38. The van der Waals surface area contributed by atoms with Crippen LogP contribution in [-0.4, -0.2) is 30.5 Å². The number of halogens is 6. The summed E-state index contributed by atoms with van der Waals surface area (Å²) in [4.78, 5) is 30.3. The van der Waals surface area contributed by atoms with Crippen LogP contribution in [0.25, 0.3) is 0 Å². The minimum Gasteiger partial charge on any atom is -0.354 e. The van der Waals surface area contributed by atoms with Crippen molar-refractivity contribution in [1.82, 2.24) is 10.3 Å². The number of alkyl halides is 6. The molecule has 13 heteroatoms. The predicted octanol–water partition coefficient (Wildman–Crippen LogP) is 5.82. The number of nitrogens with one attached hydrogen (secondary N) is 3. The molecule has 0 spiro atoms. The van der Waals surface area contributed by atoms with Gasteiger partial charge in [-0.05, 0) is 60.5 Å². The molecule has 0 atom stereocenters. The Morgan fingerprint density at radius 1 is 0.865 bits per heavy atom. The maximum Gasteiger partial charge on any atom is 0.416 e. The van der Waals surface area contributed by atoms with Crippen LogP contribution < -0.4 is 20.9 Å². The number of rotatable bonds is 4. The predicted molar refractivity (Wildman–Crippen MR) is 124 cm³/mol. The van der Waals surface area contributed by atoms with Gasteiger partial charge < -0.3 is 20.9 Å². The number of benzene rings is 2. The van der Waals surface area contributed by atoms with Gasteiger partial charge in [0.25, 0.3) is 5.91 Å². The second-order valence-electron chi connectivity index (χ2n) is 8.10. The van der Waals surface area contributed by atoms with Crippen molar-refractivity contribution >= 4 is 34.7 Å². The third kappa shape index (κ3) is 5.76. The largest absolute Gasteiger partial charge is 0.416 e. The molecule has 3 aromatic rings. The molecule has 3 N–H and O–H groups in total. The van der Waals surface area contributed by atoms with Crippen molar-refractivity contribution in [3.8, 4) is 0 Å². The summed E-state index contributed by atoms with van der Waals surface area (Å²) >= 11 is 0. The van der Waals surface area contributed by atoms with Gasteiger partial charge in [-0.25, -0.2) is 4.79 Å². The van der Waals surface area contributed by atoms with Gasteiger partial charge in [-0.2, -0.15) is 26.3 Å². The van der Waals surface area contributed by atoms with Gasteiger partial charge in [-0.1, -0.05) is 0 Å². The van der Waals surface area contributed by atoms with Crippen LogP contribution in [0.3, 0.4) is 0 Å². The molecular weight excluding hydrogens is 504 g/mol. The Labute approximate surface area is 206 Å². The maximum atomic E-state index is 13.1. The van der Waals surface area contributed by atoms with Crippen molar-refractivity contribution in [2.45, 2.75) is 18.8 Å². The van der Waals surface area contributed by atoms with E-state index >= 15 is 0 Å². The second kappa shape index (κ2) is 9.64. The zero-order valence-electron chi connectivity index (χ0n) is 19.1. The SMILES string of the molecule is CNC(=O)c1cc(N2CCc3cc(NC(=O)Nc4cc(C(F)(F)F)cc(C(F)(F)F)c4)ccc32)ccn1. The minimum atomic E-state index is -5.03. The molecule has 0 saturated carbocycles. The van der Waals surface area contributed by atoms with Crippen LogP contribution in [0, 0.1) is 0 Å². The lowest BCUT2D eigenvalue weighted by molar-refractivity contribution is -0.143. The Morgan fingerprint density at radius 2 is 1.51 bits per heavy atom. The van der Waals surface area contributed by atoms with Gasteiger partial charge in [0, 0.05) is 42.5 Å². The number of anilines is 4. The molecule has 0 fully saturated rings. The zero-order chi connectivity index (χ0) is 27.0. The van der Waals surface area contributed by atoms with Crippen LogP contribution in [0.15, 0.2) is 54.7 Å². The van der Waals surface area contributed by atoms with Crippen LogP contribution in [0.5, 0.6) is 0 Å². The number of carbonyl (C=O) groups is 2. The molecule has 2 aromatic carbocycles. The lowest BCUT2D eigenvalue weighted by atomic mass is 10.1. The Morgan fingerprint density at radius 3 is 2.14 bits per heavy atom. The normalized spacial score (nSPS) is 13.2. The van der Waals surface area contributed by atoms with E-state index in [1.807, 2.05) is 10.2 Å². The van der Waals surface area contributed by atoms with Gasteiger partial charge in [0.15, 0.2) is 0 Å². The number of amides is 3. The topological polar surface area (TPSA) is 86.4 Å². The van der Waals surface area contributed by atoms with Crippen LogP contribution in [-0.2, 0) is 18.8 Å². The summed E-state index contributed by atoms with van der Waals surface area (Å²) in [5.41, 5.74) is -0.805. The van der Waals surface area contributed by atoms with E-state index in [0.29, 0.717) is 30.8 Å². The first-order valence-electron chi connectivity index (χ1n) is 10.8. The van der Waals surface area contributed by atoms with Crippen LogP contribution in [0.1, 0.15) is 27.2 Å². The molecule has 0 aliphatic carbocycles. The van der Waals surface area contributed by atoms with E-state index in [0.717, 1.165) is 16.9 Å². The van der Waals surface area contributed by atoms with E-state index in [2.05, 4.69) is 15.6 Å².